The van der Waals surface area contributed by atoms with E-state index in [1.165, 1.54) is 5.56 Å². The van der Waals surface area contributed by atoms with E-state index in [-0.39, 0.29) is 5.41 Å². The van der Waals surface area contributed by atoms with Crippen molar-refractivity contribution in [2.75, 3.05) is 11.9 Å². The fourth-order valence-electron chi connectivity index (χ4n) is 4.22. The zero-order chi connectivity index (χ0) is 28.1. The lowest BCUT2D eigenvalue weighted by molar-refractivity contribution is -0.119. The number of thiophene rings is 1. The Morgan fingerprint density at radius 2 is 1.60 bits per heavy atom. The Balaban J connectivity index is 1.19. The van der Waals surface area contributed by atoms with Crippen molar-refractivity contribution in [3.8, 4) is 22.1 Å². The van der Waals surface area contributed by atoms with Crippen molar-refractivity contribution in [2.24, 2.45) is 0 Å². The molecule has 2 aromatic heterocycles. The van der Waals surface area contributed by atoms with Gasteiger partial charge in [-0.1, -0.05) is 57.2 Å². The normalized spacial score (nSPS) is 11.3. The Labute approximate surface area is 237 Å². The van der Waals surface area contributed by atoms with Crippen molar-refractivity contribution in [1.29, 1.82) is 0 Å². The summed E-state index contributed by atoms with van der Waals surface area (Å²) in [4.78, 5) is 31.2. The van der Waals surface area contributed by atoms with Crippen LogP contribution in [0.1, 0.15) is 43.1 Å². The molecule has 3 aromatic carbocycles. The Bertz CT molecular complexity index is 1630. The number of para-hydroxylation sites is 1. The highest BCUT2D eigenvalue weighted by Crippen LogP contribution is 2.30. The van der Waals surface area contributed by atoms with Gasteiger partial charge >= 0.3 is 5.97 Å². The number of nitrogens with zero attached hydrogens (tertiary/aromatic N) is 1. The Kier molecular flexibility index (Phi) is 7.94. The Morgan fingerprint density at radius 1 is 0.900 bits per heavy atom. The van der Waals surface area contributed by atoms with Gasteiger partial charge in [-0.25, -0.2) is 9.78 Å². The quantitative estimate of drug-likeness (QED) is 0.187. The van der Waals surface area contributed by atoms with Crippen LogP contribution >= 0.6 is 11.3 Å². The van der Waals surface area contributed by atoms with Gasteiger partial charge in [-0.15, -0.1) is 11.3 Å². The highest BCUT2D eigenvalue weighted by atomic mass is 32.1. The molecular weight excluding hydrogens is 520 g/mol. The minimum atomic E-state index is -0.580. The molecule has 0 radical (unpaired) electrons. The van der Waals surface area contributed by atoms with Gasteiger partial charge in [0.15, 0.2) is 6.61 Å². The van der Waals surface area contributed by atoms with Crippen LogP contribution in [0, 0.1) is 0 Å². The average Bonchev–Trinajstić information content (AvgIpc) is 3.52. The molecule has 40 heavy (non-hydrogen) atoms. The molecule has 6 nitrogen and oxygen atoms in total. The fraction of sp³-hybridized carbons (Fsp3) is 0.182. The predicted molar refractivity (Wildman–Crippen MR) is 160 cm³/mol. The van der Waals surface area contributed by atoms with Gasteiger partial charge in [-0.2, -0.15) is 0 Å². The maximum absolute atomic E-state index is 13.0. The van der Waals surface area contributed by atoms with Crippen molar-refractivity contribution in [1.82, 2.24) is 4.98 Å². The van der Waals surface area contributed by atoms with E-state index in [0.29, 0.717) is 33.6 Å². The van der Waals surface area contributed by atoms with Gasteiger partial charge in [0.1, 0.15) is 11.5 Å². The summed E-state index contributed by atoms with van der Waals surface area (Å²) in [5, 5.41) is 5.39. The minimum Gasteiger partial charge on any atom is -0.457 e. The van der Waals surface area contributed by atoms with Crippen molar-refractivity contribution >= 4 is 39.8 Å². The van der Waals surface area contributed by atoms with E-state index < -0.39 is 18.5 Å². The zero-order valence-corrected chi connectivity index (χ0v) is 23.5. The summed E-state index contributed by atoms with van der Waals surface area (Å²) in [6.07, 6.45) is 1.05. The van der Waals surface area contributed by atoms with Crippen molar-refractivity contribution in [3.63, 3.8) is 0 Å². The number of amides is 1. The number of aromatic nitrogens is 1. The first-order valence-corrected chi connectivity index (χ1v) is 14.0. The highest BCUT2D eigenvalue weighted by Gasteiger charge is 2.18. The van der Waals surface area contributed by atoms with Crippen LogP contribution in [0.2, 0.25) is 0 Å². The highest BCUT2D eigenvalue weighted by molar-refractivity contribution is 7.13. The van der Waals surface area contributed by atoms with Gasteiger partial charge in [0, 0.05) is 11.1 Å². The number of hydrogen-bond donors (Lipinski definition) is 1. The van der Waals surface area contributed by atoms with Crippen LogP contribution in [0.25, 0.3) is 21.5 Å². The first-order chi connectivity index (χ1) is 19.3. The Morgan fingerprint density at radius 3 is 2.27 bits per heavy atom. The molecule has 0 bridgehead atoms. The van der Waals surface area contributed by atoms with Gasteiger partial charge in [0.2, 0.25) is 0 Å². The molecule has 7 heteroatoms. The van der Waals surface area contributed by atoms with Crippen molar-refractivity contribution in [3.05, 3.63) is 108 Å². The lowest BCUT2D eigenvalue weighted by atomic mass is 9.82. The number of nitrogens with one attached hydrogen (secondary N) is 1. The van der Waals surface area contributed by atoms with Crippen LogP contribution in [-0.4, -0.2) is 23.5 Å². The first kappa shape index (κ1) is 27.1. The van der Waals surface area contributed by atoms with E-state index >= 15 is 0 Å². The number of hydrogen-bond acceptors (Lipinski definition) is 6. The molecule has 5 rings (SSSR count). The lowest BCUT2D eigenvalue weighted by Gasteiger charge is -2.23. The summed E-state index contributed by atoms with van der Waals surface area (Å²) >= 11 is 1.54. The molecule has 1 amide bonds. The summed E-state index contributed by atoms with van der Waals surface area (Å²) < 4.78 is 11.3. The fourth-order valence-corrected chi connectivity index (χ4v) is 4.91. The number of carbonyl (C=O) groups is 2. The number of carbonyl (C=O) groups excluding carboxylic acids is 2. The summed E-state index contributed by atoms with van der Waals surface area (Å²) in [6.45, 7) is 6.21. The van der Waals surface area contributed by atoms with E-state index in [2.05, 4.69) is 43.2 Å². The summed E-state index contributed by atoms with van der Waals surface area (Å²) in [5.41, 5.74) is 3.70. The van der Waals surface area contributed by atoms with Gasteiger partial charge in [-0.05, 0) is 77.4 Å². The molecule has 202 valence electrons. The number of benzene rings is 3. The van der Waals surface area contributed by atoms with Crippen LogP contribution in [0.5, 0.6) is 11.5 Å². The largest absolute Gasteiger partial charge is 0.457 e. The molecule has 0 spiro atoms. The molecule has 0 fully saturated rings. The number of esters is 1. The summed E-state index contributed by atoms with van der Waals surface area (Å²) in [6, 6.07) is 28.1. The number of ether oxygens (including phenoxy) is 2. The summed E-state index contributed by atoms with van der Waals surface area (Å²) in [5.74, 6) is 0.375. The third-order valence-corrected chi connectivity index (χ3v) is 7.83. The van der Waals surface area contributed by atoms with E-state index in [1.807, 2.05) is 53.9 Å². The minimum absolute atomic E-state index is 0.117. The molecule has 1 N–H and O–H groups in total. The maximum atomic E-state index is 13.0. The Hall–Kier alpha value is -4.49. The zero-order valence-electron chi connectivity index (χ0n) is 22.6. The van der Waals surface area contributed by atoms with E-state index in [4.69, 9.17) is 9.47 Å². The van der Waals surface area contributed by atoms with Crippen molar-refractivity contribution < 1.29 is 19.1 Å². The van der Waals surface area contributed by atoms with E-state index in [0.717, 1.165) is 17.0 Å². The SMILES string of the molecule is CCC(C)(C)c1ccc(Oc2ccc(NC(=O)COC(=O)c3cc(-c4cccs4)nc4ccccc34)cc2)cc1. The maximum Gasteiger partial charge on any atom is 0.339 e. The monoisotopic (exact) mass is 550 g/mol. The molecular formula is C33H30N2O4S. The number of rotatable bonds is 9. The molecule has 0 atom stereocenters. The topological polar surface area (TPSA) is 77.5 Å². The van der Waals surface area contributed by atoms with E-state index in [1.54, 1.807) is 41.7 Å². The standard InChI is InChI=1S/C33H30N2O4S/c1-4-33(2,3)22-11-15-24(16-12-22)39-25-17-13-23(14-18-25)34-31(36)21-38-32(37)27-20-29(30-10-7-19-40-30)35-28-9-6-5-8-26(27)28/h5-20H,4,21H2,1-3H3,(H,34,36). The van der Waals surface area contributed by atoms with Crippen LogP contribution in [0.3, 0.4) is 0 Å². The molecule has 0 aliphatic rings. The molecule has 0 saturated carbocycles. The van der Waals surface area contributed by atoms with Gasteiger partial charge in [-0.3, -0.25) is 4.79 Å². The molecule has 0 aliphatic heterocycles. The van der Waals surface area contributed by atoms with Crippen LogP contribution < -0.4 is 10.1 Å². The van der Waals surface area contributed by atoms with Crippen LogP contribution in [-0.2, 0) is 14.9 Å². The van der Waals surface area contributed by atoms with Gasteiger partial charge < -0.3 is 14.8 Å². The third kappa shape index (κ3) is 6.21. The second kappa shape index (κ2) is 11.7. The molecule has 2 heterocycles. The smallest absolute Gasteiger partial charge is 0.339 e. The summed E-state index contributed by atoms with van der Waals surface area (Å²) in [7, 11) is 0. The molecule has 5 aromatic rings. The third-order valence-electron chi connectivity index (χ3n) is 6.94. The second-order valence-electron chi connectivity index (χ2n) is 10.1. The number of pyridine rings is 1. The second-order valence-corrected chi connectivity index (χ2v) is 11.0. The number of anilines is 1. The molecule has 0 unspecified atom stereocenters. The van der Waals surface area contributed by atoms with Gasteiger partial charge in [0.25, 0.3) is 5.91 Å². The van der Waals surface area contributed by atoms with Crippen LogP contribution in [0.4, 0.5) is 5.69 Å². The molecule has 0 saturated heterocycles. The molecule has 0 aliphatic carbocycles. The number of fused-ring (bicyclic) bond motifs is 1. The average molecular weight is 551 g/mol. The van der Waals surface area contributed by atoms with Crippen molar-refractivity contribution in [2.45, 2.75) is 32.6 Å². The first-order valence-electron chi connectivity index (χ1n) is 13.1. The van der Waals surface area contributed by atoms with Crippen LogP contribution in [0.15, 0.2) is 96.4 Å². The predicted octanol–water partition coefficient (Wildman–Crippen LogP) is 8.24. The van der Waals surface area contributed by atoms with E-state index in [9.17, 15) is 9.59 Å². The lowest BCUT2D eigenvalue weighted by Crippen LogP contribution is -2.21. The van der Waals surface area contributed by atoms with Gasteiger partial charge in [0.05, 0.1) is 21.7 Å².